The second-order valence-electron chi connectivity index (χ2n) is 6.77. The maximum atomic E-state index is 13.0. The molecule has 1 fully saturated rings. The Kier molecular flexibility index (Phi) is 2.69. The van der Waals surface area contributed by atoms with Crippen LogP contribution < -0.4 is 5.69 Å². The van der Waals surface area contributed by atoms with E-state index in [0.29, 0.717) is 22.2 Å². The number of nitro benzene ring substituents is 1. The van der Waals surface area contributed by atoms with Crippen molar-refractivity contribution in [3.8, 4) is 11.6 Å². The summed E-state index contributed by atoms with van der Waals surface area (Å²) >= 11 is 0. The summed E-state index contributed by atoms with van der Waals surface area (Å²) in [7, 11) is 0. The molecule has 0 amide bonds. The zero-order valence-electron chi connectivity index (χ0n) is 13.3. The quantitative estimate of drug-likeness (QED) is 0.574. The third-order valence-corrected chi connectivity index (χ3v) is 5.57. The second kappa shape index (κ2) is 4.72. The van der Waals surface area contributed by atoms with E-state index in [1.54, 1.807) is 34.9 Å². The van der Waals surface area contributed by atoms with E-state index in [4.69, 9.17) is 0 Å². The summed E-state index contributed by atoms with van der Waals surface area (Å²) < 4.78 is 3.01. The summed E-state index contributed by atoms with van der Waals surface area (Å²) in [5, 5.41) is 23.1. The number of rotatable bonds is 2. The lowest BCUT2D eigenvalue weighted by Crippen LogP contribution is -2.25. The van der Waals surface area contributed by atoms with Crippen molar-refractivity contribution in [3.63, 3.8) is 0 Å². The Hall–Kier alpha value is -3.09. The number of fused-ring (bicyclic) bond motifs is 6. The number of benzene rings is 2. The second-order valence-corrected chi connectivity index (χ2v) is 6.77. The Morgan fingerprint density at radius 3 is 2.60 bits per heavy atom. The Bertz CT molecular complexity index is 1110. The van der Waals surface area contributed by atoms with Gasteiger partial charge in [0.05, 0.1) is 21.7 Å². The minimum absolute atomic E-state index is 0.0151. The Balaban J connectivity index is 1.84. The summed E-state index contributed by atoms with van der Waals surface area (Å²) in [6.07, 6.45) is 2.87. The third kappa shape index (κ3) is 1.72. The summed E-state index contributed by atoms with van der Waals surface area (Å²) in [6, 6.07) is 9.98. The van der Waals surface area contributed by atoms with Crippen LogP contribution in [-0.4, -0.2) is 19.2 Å². The van der Waals surface area contributed by atoms with Gasteiger partial charge in [0.1, 0.15) is 0 Å². The van der Waals surface area contributed by atoms with Crippen LogP contribution in [-0.2, 0) is 0 Å². The number of hydrogen-bond donors (Lipinski definition) is 1. The van der Waals surface area contributed by atoms with Gasteiger partial charge in [0, 0.05) is 23.4 Å². The monoisotopic (exact) mass is 337 g/mol. The highest BCUT2D eigenvalue weighted by Gasteiger charge is 2.42. The van der Waals surface area contributed by atoms with Crippen molar-refractivity contribution in [2.24, 2.45) is 0 Å². The van der Waals surface area contributed by atoms with Crippen LogP contribution in [0.15, 0.2) is 41.2 Å². The van der Waals surface area contributed by atoms with Gasteiger partial charge in [0.15, 0.2) is 0 Å². The summed E-state index contributed by atoms with van der Waals surface area (Å²) in [6.45, 7) is 0. The molecule has 2 heterocycles. The number of nitro groups is 1. The number of non-ortho nitro benzene ring substituents is 1. The number of aromatic hydroxyl groups is 1. The molecule has 2 bridgehead atoms. The smallest absolute Gasteiger partial charge is 0.336 e. The Morgan fingerprint density at radius 2 is 1.88 bits per heavy atom. The topological polar surface area (TPSA) is 90.3 Å². The van der Waals surface area contributed by atoms with Crippen molar-refractivity contribution in [2.45, 2.75) is 31.2 Å². The van der Waals surface area contributed by atoms with Crippen LogP contribution in [0, 0.1) is 10.1 Å². The van der Waals surface area contributed by atoms with Crippen LogP contribution in [0.3, 0.4) is 0 Å². The maximum absolute atomic E-state index is 13.0. The van der Waals surface area contributed by atoms with Gasteiger partial charge in [-0.05, 0) is 31.4 Å². The number of aromatic nitrogens is 2. The van der Waals surface area contributed by atoms with Crippen molar-refractivity contribution < 1.29 is 10.0 Å². The first-order valence-electron chi connectivity index (χ1n) is 8.30. The molecule has 1 aliphatic carbocycles. The van der Waals surface area contributed by atoms with Crippen molar-refractivity contribution in [1.82, 2.24) is 9.13 Å². The van der Waals surface area contributed by atoms with Crippen LogP contribution in [0.4, 0.5) is 5.69 Å². The number of nitrogens with zero attached hydrogens (tertiary/aromatic N) is 3. The summed E-state index contributed by atoms with van der Waals surface area (Å²) in [5.74, 6) is 0.194. The van der Waals surface area contributed by atoms with Crippen LogP contribution >= 0.6 is 0 Å². The highest BCUT2D eigenvalue weighted by Crippen LogP contribution is 2.51. The van der Waals surface area contributed by atoms with Gasteiger partial charge < -0.3 is 5.11 Å². The molecular formula is C18H15N3O4. The zero-order valence-corrected chi connectivity index (χ0v) is 13.3. The SMILES string of the molecule is O=c1n(-c2ccc([N+](=O)[O-])c3ccccc23)c(O)c2n1[C@H]1CC[C@@H]2C1. The van der Waals surface area contributed by atoms with Crippen molar-refractivity contribution in [1.29, 1.82) is 0 Å². The zero-order chi connectivity index (χ0) is 17.3. The number of imidazole rings is 1. The average Bonchev–Trinajstić information content (AvgIpc) is 3.28. The average molecular weight is 337 g/mol. The highest BCUT2D eigenvalue weighted by atomic mass is 16.6. The first-order valence-corrected chi connectivity index (χ1v) is 8.30. The van der Waals surface area contributed by atoms with E-state index >= 15 is 0 Å². The van der Waals surface area contributed by atoms with Gasteiger partial charge in [-0.2, -0.15) is 0 Å². The lowest BCUT2D eigenvalue weighted by molar-refractivity contribution is -0.383. The molecule has 0 unspecified atom stereocenters. The molecule has 1 N–H and O–H groups in total. The van der Waals surface area contributed by atoms with Gasteiger partial charge in [-0.1, -0.05) is 18.2 Å². The van der Waals surface area contributed by atoms with Crippen molar-refractivity contribution >= 4 is 16.5 Å². The molecule has 2 atom stereocenters. The minimum atomic E-state index is -0.436. The largest absolute Gasteiger partial charge is 0.493 e. The molecule has 5 rings (SSSR count). The molecule has 2 aromatic carbocycles. The molecule has 0 radical (unpaired) electrons. The molecular weight excluding hydrogens is 322 g/mol. The van der Waals surface area contributed by atoms with E-state index in [0.717, 1.165) is 19.3 Å². The molecule has 126 valence electrons. The van der Waals surface area contributed by atoms with E-state index in [1.165, 1.54) is 10.6 Å². The minimum Gasteiger partial charge on any atom is -0.493 e. The predicted octanol–water partition coefficient (Wildman–Crippen LogP) is 3.23. The summed E-state index contributed by atoms with van der Waals surface area (Å²) in [5.41, 5.74) is 0.908. The van der Waals surface area contributed by atoms with Gasteiger partial charge in [0.25, 0.3) is 5.69 Å². The van der Waals surface area contributed by atoms with Gasteiger partial charge in [-0.25, -0.2) is 9.36 Å². The van der Waals surface area contributed by atoms with E-state index in [9.17, 15) is 20.0 Å². The molecule has 0 saturated heterocycles. The molecule has 2 aliphatic rings. The highest BCUT2D eigenvalue weighted by molar-refractivity contribution is 5.97. The Labute approximate surface area is 141 Å². The van der Waals surface area contributed by atoms with Gasteiger partial charge in [-0.15, -0.1) is 0 Å². The van der Waals surface area contributed by atoms with E-state index < -0.39 is 4.92 Å². The molecule has 1 aliphatic heterocycles. The molecule has 7 heteroatoms. The van der Waals surface area contributed by atoms with Crippen LogP contribution in [0.1, 0.15) is 36.9 Å². The van der Waals surface area contributed by atoms with Gasteiger partial charge in [0.2, 0.25) is 5.88 Å². The first-order chi connectivity index (χ1) is 12.1. The third-order valence-electron chi connectivity index (χ3n) is 5.57. The van der Waals surface area contributed by atoms with E-state index in [-0.39, 0.29) is 29.2 Å². The molecule has 7 nitrogen and oxygen atoms in total. The van der Waals surface area contributed by atoms with Crippen molar-refractivity contribution in [2.75, 3.05) is 0 Å². The summed E-state index contributed by atoms with van der Waals surface area (Å²) in [4.78, 5) is 23.8. The molecule has 1 aromatic heterocycles. The van der Waals surface area contributed by atoms with Crippen molar-refractivity contribution in [3.05, 3.63) is 62.7 Å². The normalized spacial score (nSPS) is 21.0. The van der Waals surface area contributed by atoms with Gasteiger partial charge >= 0.3 is 5.69 Å². The lowest BCUT2D eigenvalue weighted by Gasteiger charge is -2.11. The molecule has 3 aromatic rings. The van der Waals surface area contributed by atoms with Crippen LogP contribution in [0.25, 0.3) is 16.5 Å². The first kappa shape index (κ1) is 14.3. The fraction of sp³-hybridized carbons (Fsp3) is 0.278. The molecule has 0 spiro atoms. The Morgan fingerprint density at radius 1 is 1.12 bits per heavy atom. The van der Waals surface area contributed by atoms with E-state index in [2.05, 4.69) is 0 Å². The van der Waals surface area contributed by atoms with Gasteiger partial charge in [-0.3, -0.25) is 14.7 Å². The predicted molar refractivity (Wildman–Crippen MR) is 91.5 cm³/mol. The lowest BCUT2D eigenvalue weighted by atomic mass is 10.1. The molecule has 25 heavy (non-hydrogen) atoms. The molecule has 1 saturated carbocycles. The van der Waals surface area contributed by atoms with Crippen LogP contribution in [0.5, 0.6) is 5.88 Å². The van der Waals surface area contributed by atoms with E-state index in [1.807, 2.05) is 0 Å². The number of hydrogen-bond acceptors (Lipinski definition) is 4. The van der Waals surface area contributed by atoms with Crippen LogP contribution in [0.2, 0.25) is 0 Å². The maximum Gasteiger partial charge on any atom is 0.336 e. The standard InChI is InChI=1S/C18H15N3O4/c22-17-16-10-5-6-11(9-10)19(16)18(23)20(17)14-7-8-15(21(24)25)13-4-2-1-3-12(13)14/h1-4,7-8,10-11,22H,5-6,9H2/t10-,11+/m1/s1. The fourth-order valence-electron chi connectivity index (χ4n) is 4.53. The fourth-order valence-corrected chi connectivity index (χ4v) is 4.53.